The smallest absolute Gasteiger partial charge is 0.268 e. The van der Waals surface area contributed by atoms with Gasteiger partial charge in [-0.2, -0.15) is 0 Å². The lowest BCUT2D eigenvalue weighted by molar-refractivity contribution is -0.126. The highest BCUT2D eigenvalue weighted by atomic mass is 16.5. The van der Waals surface area contributed by atoms with Crippen molar-refractivity contribution in [2.24, 2.45) is 11.7 Å². The van der Waals surface area contributed by atoms with E-state index in [0.29, 0.717) is 18.9 Å². The molecule has 0 aromatic heterocycles. The fourth-order valence-electron chi connectivity index (χ4n) is 2.52. The molecule has 2 atom stereocenters. The monoisotopic (exact) mass is 276 g/mol. The minimum Gasteiger partial charge on any atom is -0.478 e. The largest absolute Gasteiger partial charge is 0.478 e. The maximum absolute atomic E-state index is 12.3. The van der Waals surface area contributed by atoms with E-state index in [9.17, 15) is 4.79 Å². The molecule has 0 spiro atoms. The predicted octanol–water partition coefficient (Wildman–Crippen LogP) is 2.87. The van der Waals surface area contributed by atoms with Gasteiger partial charge in [-0.15, -0.1) is 0 Å². The van der Waals surface area contributed by atoms with Crippen molar-refractivity contribution in [3.63, 3.8) is 0 Å². The van der Waals surface area contributed by atoms with Gasteiger partial charge >= 0.3 is 0 Å². The summed E-state index contributed by atoms with van der Waals surface area (Å²) in [4.78, 5) is 14.1. The highest BCUT2D eigenvalue weighted by molar-refractivity contribution is 6.00. The summed E-state index contributed by atoms with van der Waals surface area (Å²) in [7, 11) is 0. The Morgan fingerprint density at radius 2 is 2.05 bits per heavy atom. The highest BCUT2D eigenvalue weighted by Gasteiger charge is 2.32. The van der Waals surface area contributed by atoms with Gasteiger partial charge in [-0.05, 0) is 37.0 Å². The average molecular weight is 276 g/mol. The van der Waals surface area contributed by atoms with Crippen molar-refractivity contribution < 1.29 is 9.53 Å². The summed E-state index contributed by atoms with van der Waals surface area (Å²) in [6.45, 7) is 8.78. The van der Waals surface area contributed by atoms with Crippen molar-refractivity contribution in [2.45, 2.75) is 46.3 Å². The summed E-state index contributed by atoms with van der Waals surface area (Å²) < 4.78 is 5.79. The Bertz CT molecular complexity index is 499. The number of anilines is 1. The molecule has 0 radical (unpaired) electrons. The summed E-state index contributed by atoms with van der Waals surface area (Å²) in [5, 5.41) is 0. The Hall–Kier alpha value is -1.55. The Morgan fingerprint density at radius 3 is 2.60 bits per heavy atom. The number of hydrogen-bond acceptors (Lipinski definition) is 3. The third-order valence-electron chi connectivity index (χ3n) is 3.87. The summed E-state index contributed by atoms with van der Waals surface area (Å²) in [5.41, 5.74) is 8.09. The maximum atomic E-state index is 12.3. The molecule has 0 saturated heterocycles. The number of ether oxygens (including phenoxy) is 1. The van der Waals surface area contributed by atoms with Crippen molar-refractivity contribution in [3.05, 3.63) is 23.8 Å². The highest BCUT2D eigenvalue weighted by Crippen LogP contribution is 2.37. The van der Waals surface area contributed by atoms with Crippen LogP contribution in [0.1, 0.15) is 45.7 Å². The molecule has 1 amide bonds. The van der Waals surface area contributed by atoms with Crippen molar-refractivity contribution in [1.29, 1.82) is 0 Å². The average Bonchev–Trinajstić information content (AvgIpc) is 2.45. The molecule has 2 unspecified atom stereocenters. The maximum Gasteiger partial charge on any atom is 0.268 e. The Labute approximate surface area is 120 Å². The van der Waals surface area contributed by atoms with E-state index >= 15 is 0 Å². The van der Waals surface area contributed by atoms with Crippen LogP contribution in [0.15, 0.2) is 18.2 Å². The minimum atomic E-state index is -0.368. The minimum absolute atomic E-state index is 0.0296. The Balaban J connectivity index is 2.42. The molecule has 4 heteroatoms. The third kappa shape index (κ3) is 2.52. The summed E-state index contributed by atoms with van der Waals surface area (Å²) in [6, 6.07) is 5.90. The summed E-state index contributed by atoms with van der Waals surface area (Å²) in [6.07, 6.45) is 0.314. The van der Waals surface area contributed by atoms with Crippen LogP contribution in [-0.4, -0.2) is 18.6 Å². The lowest BCUT2D eigenvalue weighted by atomic mass is 9.96. The van der Waals surface area contributed by atoms with E-state index in [1.54, 1.807) is 4.90 Å². The van der Waals surface area contributed by atoms with Gasteiger partial charge in [0.25, 0.3) is 5.91 Å². The third-order valence-corrected chi connectivity index (χ3v) is 3.87. The number of fused-ring (bicyclic) bond motifs is 1. The van der Waals surface area contributed by atoms with Crippen LogP contribution in [0.4, 0.5) is 5.69 Å². The molecule has 1 aliphatic heterocycles. The molecule has 20 heavy (non-hydrogen) atoms. The lowest BCUT2D eigenvalue weighted by Crippen LogP contribution is -2.45. The molecule has 1 heterocycles. The number of benzene rings is 1. The van der Waals surface area contributed by atoms with Crippen molar-refractivity contribution >= 4 is 11.6 Å². The molecule has 4 nitrogen and oxygen atoms in total. The van der Waals surface area contributed by atoms with Gasteiger partial charge in [0.15, 0.2) is 6.10 Å². The van der Waals surface area contributed by atoms with Crippen LogP contribution in [0, 0.1) is 5.92 Å². The normalized spacial score (nSPS) is 19.8. The first kappa shape index (κ1) is 14.9. The molecule has 2 N–H and O–H groups in total. The van der Waals surface area contributed by atoms with Gasteiger partial charge in [0.1, 0.15) is 5.75 Å². The van der Waals surface area contributed by atoms with Crippen LogP contribution >= 0.6 is 0 Å². The van der Waals surface area contributed by atoms with E-state index in [0.717, 1.165) is 17.0 Å². The Kier molecular flexibility index (Phi) is 4.33. The molecule has 1 aromatic rings. The molecule has 0 saturated carbocycles. The molecule has 0 aliphatic carbocycles. The van der Waals surface area contributed by atoms with Gasteiger partial charge in [0, 0.05) is 12.6 Å². The van der Waals surface area contributed by atoms with E-state index in [-0.39, 0.29) is 18.1 Å². The number of hydrogen-bond donors (Lipinski definition) is 1. The first-order chi connectivity index (χ1) is 9.49. The van der Waals surface area contributed by atoms with Gasteiger partial charge in [-0.3, -0.25) is 4.79 Å². The van der Waals surface area contributed by atoms with Crippen molar-refractivity contribution in [1.82, 2.24) is 0 Å². The van der Waals surface area contributed by atoms with Gasteiger partial charge in [-0.1, -0.05) is 26.8 Å². The van der Waals surface area contributed by atoms with Crippen LogP contribution in [0.2, 0.25) is 0 Å². The van der Waals surface area contributed by atoms with E-state index in [4.69, 9.17) is 10.5 Å². The number of rotatable bonds is 4. The standard InChI is InChI=1S/C16H24N2O2/c1-5-13-16(19)18(6-2)12-9-11(15(17)10(3)4)7-8-14(12)20-13/h7-10,13,15H,5-6,17H2,1-4H3. The number of likely N-dealkylation sites (N-methyl/N-ethyl adjacent to an activating group) is 1. The lowest BCUT2D eigenvalue weighted by Gasteiger charge is -2.34. The quantitative estimate of drug-likeness (QED) is 0.920. The van der Waals surface area contributed by atoms with Crippen LogP contribution in [0.5, 0.6) is 5.75 Å². The van der Waals surface area contributed by atoms with Crippen LogP contribution in [0.3, 0.4) is 0 Å². The summed E-state index contributed by atoms with van der Waals surface area (Å²) in [5.74, 6) is 1.17. The second kappa shape index (κ2) is 5.83. The molecule has 0 bridgehead atoms. The fraction of sp³-hybridized carbons (Fsp3) is 0.562. The first-order valence-corrected chi connectivity index (χ1v) is 7.37. The zero-order valence-corrected chi connectivity index (χ0v) is 12.7. The molecule has 1 aliphatic rings. The number of carbonyl (C=O) groups is 1. The van der Waals surface area contributed by atoms with E-state index in [1.807, 2.05) is 32.0 Å². The van der Waals surface area contributed by atoms with Crippen molar-refractivity contribution in [2.75, 3.05) is 11.4 Å². The number of amides is 1. The summed E-state index contributed by atoms with van der Waals surface area (Å²) >= 11 is 0. The number of nitrogens with zero attached hydrogens (tertiary/aromatic N) is 1. The van der Waals surface area contributed by atoms with Crippen LogP contribution in [-0.2, 0) is 4.79 Å². The van der Waals surface area contributed by atoms with Crippen molar-refractivity contribution in [3.8, 4) is 5.75 Å². The zero-order chi connectivity index (χ0) is 14.9. The van der Waals surface area contributed by atoms with E-state index in [2.05, 4.69) is 13.8 Å². The predicted molar refractivity (Wildman–Crippen MR) is 80.9 cm³/mol. The second-order valence-electron chi connectivity index (χ2n) is 5.59. The molecular weight excluding hydrogens is 252 g/mol. The fourth-order valence-corrected chi connectivity index (χ4v) is 2.52. The molecule has 0 fully saturated rings. The SMILES string of the molecule is CCC1Oc2ccc(C(N)C(C)C)cc2N(CC)C1=O. The van der Waals surface area contributed by atoms with E-state index < -0.39 is 0 Å². The molecule has 110 valence electrons. The van der Waals surface area contributed by atoms with Gasteiger partial charge in [0.05, 0.1) is 5.69 Å². The number of nitrogens with two attached hydrogens (primary N) is 1. The first-order valence-electron chi connectivity index (χ1n) is 7.37. The van der Waals surface area contributed by atoms with Crippen LogP contribution in [0.25, 0.3) is 0 Å². The second-order valence-corrected chi connectivity index (χ2v) is 5.59. The van der Waals surface area contributed by atoms with Gasteiger partial charge < -0.3 is 15.4 Å². The molecule has 1 aromatic carbocycles. The van der Waals surface area contributed by atoms with Crippen LogP contribution < -0.4 is 15.4 Å². The number of carbonyl (C=O) groups excluding carboxylic acids is 1. The van der Waals surface area contributed by atoms with Gasteiger partial charge in [0.2, 0.25) is 0 Å². The molecule has 2 rings (SSSR count). The zero-order valence-electron chi connectivity index (χ0n) is 12.7. The topological polar surface area (TPSA) is 55.6 Å². The van der Waals surface area contributed by atoms with E-state index in [1.165, 1.54) is 0 Å². The van der Waals surface area contributed by atoms with Gasteiger partial charge in [-0.25, -0.2) is 0 Å². The Morgan fingerprint density at radius 1 is 1.35 bits per heavy atom. The molecular formula is C16H24N2O2.